The van der Waals surface area contributed by atoms with Crippen molar-refractivity contribution in [3.05, 3.63) is 28.2 Å². The summed E-state index contributed by atoms with van der Waals surface area (Å²) in [5, 5.41) is 12.6. The molecule has 1 aromatic rings. The molecule has 0 amide bonds. The molecule has 0 unspecified atom stereocenters. The predicted octanol–water partition coefficient (Wildman–Crippen LogP) is -0.112. The Hall–Kier alpha value is -1.16. The zero-order chi connectivity index (χ0) is 13.8. The Morgan fingerprint density at radius 3 is 3.11 bits per heavy atom. The van der Waals surface area contributed by atoms with Gasteiger partial charge in [0.05, 0.1) is 11.3 Å². The van der Waals surface area contributed by atoms with Gasteiger partial charge in [-0.25, -0.2) is 0 Å². The highest BCUT2D eigenvalue weighted by atomic mass is 79.9. The molecule has 19 heavy (non-hydrogen) atoms. The van der Waals surface area contributed by atoms with Gasteiger partial charge in [0, 0.05) is 4.47 Å². The second-order valence-corrected chi connectivity index (χ2v) is 6.14. The van der Waals surface area contributed by atoms with Crippen molar-refractivity contribution in [1.82, 2.24) is 0 Å². The zero-order valence-electron chi connectivity index (χ0n) is 9.97. The van der Waals surface area contributed by atoms with Crippen LogP contribution < -0.4 is 15.2 Å². The molecule has 1 aliphatic heterocycles. The van der Waals surface area contributed by atoms with Crippen LogP contribution in [-0.4, -0.2) is 24.4 Å². The summed E-state index contributed by atoms with van der Waals surface area (Å²) in [5.41, 5.74) is 0.929. The van der Waals surface area contributed by atoms with E-state index in [0.29, 0.717) is 11.5 Å². The van der Waals surface area contributed by atoms with Crippen LogP contribution in [0.2, 0.25) is 0 Å². The molecule has 100 valence electrons. The van der Waals surface area contributed by atoms with E-state index in [-0.39, 0.29) is 12.0 Å². The van der Waals surface area contributed by atoms with Gasteiger partial charge in [0.25, 0.3) is 0 Å². The fourth-order valence-electron chi connectivity index (χ4n) is 1.86. The number of rotatable bonds is 4. The standard InChI is InChI=1S/C13H12BrNO3S/c1-2-5-18-11-4-3-8(14)6-9(11)12-15-10(7-19-12)13(16)17/h1,3-4,6,10,12,15H,5,7H2,(H,16,17)/t10-,12-/m1/s1. The summed E-state index contributed by atoms with van der Waals surface area (Å²) in [4.78, 5) is 10.9. The van der Waals surface area contributed by atoms with Gasteiger partial charge in [-0.1, -0.05) is 33.6 Å². The van der Waals surface area contributed by atoms with E-state index in [4.69, 9.17) is 11.2 Å². The highest BCUT2D eigenvalue weighted by Crippen LogP contribution is 2.35. The first kappa shape index (κ1) is 14.3. The Balaban J connectivity index is 2.21. The summed E-state index contributed by atoms with van der Waals surface area (Å²) in [6.07, 6.45) is 5.19. The van der Waals surface area contributed by atoms with Gasteiger partial charge in [0.2, 0.25) is 0 Å². The van der Waals surface area contributed by atoms with E-state index < -0.39 is 12.0 Å². The summed E-state index contributed by atoms with van der Waals surface area (Å²) in [6.45, 7) is 0.190. The minimum absolute atomic E-state index is 0.0202. The topological polar surface area (TPSA) is 66.0 Å². The molecule has 4 nitrogen and oxygen atoms in total. The van der Waals surface area contributed by atoms with Gasteiger partial charge in [-0.2, -0.15) is 0 Å². The molecule has 1 heterocycles. The molecule has 2 N–H and O–H groups in total. The first-order valence-corrected chi connectivity index (χ1v) is 7.49. The Kier molecular flexibility index (Phi) is 4.75. The normalized spacial score (nSPS) is 21.9. The summed E-state index contributed by atoms with van der Waals surface area (Å²) < 4.78 is 6.41. The van der Waals surface area contributed by atoms with Crippen molar-refractivity contribution in [1.29, 1.82) is 0 Å². The van der Waals surface area contributed by atoms with Crippen LogP contribution >= 0.6 is 27.7 Å². The molecule has 2 atom stereocenters. The van der Waals surface area contributed by atoms with Crippen LogP contribution in [0.5, 0.6) is 5.75 Å². The van der Waals surface area contributed by atoms with E-state index in [1.54, 1.807) is 17.1 Å². The van der Waals surface area contributed by atoms with Gasteiger partial charge in [0.1, 0.15) is 24.4 Å². The number of benzene rings is 1. The molecule has 6 heteroatoms. The van der Waals surface area contributed by atoms with Crippen molar-refractivity contribution >= 4 is 33.7 Å². The number of carboxylic acids is 1. The van der Waals surface area contributed by atoms with Crippen LogP contribution in [0, 0.1) is 12.3 Å². The first-order valence-electron chi connectivity index (χ1n) is 5.65. The predicted molar refractivity (Wildman–Crippen MR) is 74.4 cm³/mol. The Bertz CT molecular complexity index is 529. The number of nitrogens with two attached hydrogens (primary N) is 1. The molecule has 1 aliphatic rings. The van der Waals surface area contributed by atoms with Crippen LogP contribution in [0.15, 0.2) is 22.7 Å². The van der Waals surface area contributed by atoms with E-state index in [1.807, 2.05) is 18.2 Å². The van der Waals surface area contributed by atoms with Gasteiger partial charge in [-0.3, -0.25) is 0 Å². The molecule has 2 rings (SSSR count). The van der Waals surface area contributed by atoms with E-state index in [0.717, 1.165) is 10.0 Å². The third kappa shape index (κ3) is 3.44. The van der Waals surface area contributed by atoms with Crippen LogP contribution in [0.4, 0.5) is 0 Å². The lowest BCUT2D eigenvalue weighted by Gasteiger charge is -2.15. The van der Waals surface area contributed by atoms with Crippen molar-refractivity contribution < 1.29 is 20.0 Å². The molecule has 0 radical (unpaired) electrons. The van der Waals surface area contributed by atoms with Crippen molar-refractivity contribution in [2.45, 2.75) is 11.4 Å². The molecule has 0 aliphatic carbocycles. The van der Waals surface area contributed by atoms with Gasteiger partial charge in [-0.05, 0) is 18.2 Å². The number of carboxylic acid groups (broad SMARTS) is 1. The summed E-state index contributed by atoms with van der Waals surface area (Å²) >= 11 is 4.97. The molecule has 0 bridgehead atoms. The van der Waals surface area contributed by atoms with Crippen LogP contribution in [0.3, 0.4) is 0 Å². The van der Waals surface area contributed by atoms with E-state index in [2.05, 4.69) is 21.9 Å². The lowest BCUT2D eigenvalue weighted by atomic mass is 10.2. The molecule has 0 aromatic heterocycles. The highest BCUT2D eigenvalue weighted by molar-refractivity contribution is 9.10. The zero-order valence-corrected chi connectivity index (χ0v) is 12.4. The third-order valence-corrected chi connectivity index (χ3v) is 4.57. The van der Waals surface area contributed by atoms with Crippen LogP contribution in [-0.2, 0) is 4.79 Å². The molecule has 1 aromatic carbocycles. The van der Waals surface area contributed by atoms with E-state index >= 15 is 0 Å². The minimum Gasteiger partial charge on any atom is -0.544 e. The average Bonchev–Trinajstić information content (AvgIpc) is 2.87. The summed E-state index contributed by atoms with van der Waals surface area (Å²) in [5.74, 6) is 2.60. The van der Waals surface area contributed by atoms with Crippen molar-refractivity contribution in [2.24, 2.45) is 0 Å². The number of quaternary nitrogens is 1. The lowest BCUT2D eigenvalue weighted by Crippen LogP contribution is -2.90. The van der Waals surface area contributed by atoms with Crippen LogP contribution in [0.25, 0.3) is 0 Å². The third-order valence-electron chi connectivity index (χ3n) is 2.75. The largest absolute Gasteiger partial charge is 0.544 e. The molecule has 0 spiro atoms. The van der Waals surface area contributed by atoms with E-state index in [9.17, 15) is 9.90 Å². The number of ether oxygens (including phenoxy) is 1. The van der Waals surface area contributed by atoms with Crippen LogP contribution in [0.1, 0.15) is 10.9 Å². The minimum atomic E-state index is -1.03. The maximum atomic E-state index is 10.9. The quantitative estimate of drug-likeness (QED) is 0.776. The SMILES string of the molecule is C#CCOc1ccc(Br)cc1[C@@H]1[NH2+][C@@H](C(=O)[O-])CS1. The number of halogens is 1. The summed E-state index contributed by atoms with van der Waals surface area (Å²) in [7, 11) is 0. The number of thioether (sulfide) groups is 1. The van der Waals surface area contributed by atoms with Crippen molar-refractivity contribution in [3.8, 4) is 18.1 Å². The maximum absolute atomic E-state index is 10.9. The molecule has 0 saturated carbocycles. The number of aliphatic carboxylic acids is 1. The highest BCUT2D eigenvalue weighted by Gasteiger charge is 2.32. The lowest BCUT2D eigenvalue weighted by molar-refractivity contribution is -0.690. The number of carbonyl (C=O) groups excluding carboxylic acids is 1. The fourth-order valence-corrected chi connectivity index (χ4v) is 3.57. The summed E-state index contributed by atoms with van der Waals surface area (Å²) in [6, 6.07) is 5.11. The van der Waals surface area contributed by atoms with Gasteiger partial charge in [-0.15, -0.1) is 6.42 Å². The molecule has 1 saturated heterocycles. The van der Waals surface area contributed by atoms with Crippen molar-refractivity contribution in [2.75, 3.05) is 12.4 Å². The maximum Gasteiger partial charge on any atom is 0.163 e. The smallest absolute Gasteiger partial charge is 0.163 e. The number of terminal acetylenes is 1. The monoisotopic (exact) mass is 341 g/mol. The molecular formula is C13H12BrNO3S. The number of hydrogen-bond donors (Lipinski definition) is 1. The molecule has 1 fully saturated rings. The average molecular weight is 342 g/mol. The first-order chi connectivity index (χ1) is 9.11. The van der Waals surface area contributed by atoms with Crippen molar-refractivity contribution in [3.63, 3.8) is 0 Å². The fraction of sp³-hybridized carbons (Fsp3) is 0.308. The Labute approximate surface area is 124 Å². The molecular weight excluding hydrogens is 330 g/mol. The van der Waals surface area contributed by atoms with E-state index in [1.165, 1.54) is 0 Å². The Morgan fingerprint density at radius 2 is 2.47 bits per heavy atom. The van der Waals surface area contributed by atoms with Gasteiger partial charge >= 0.3 is 0 Å². The Morgan fingerprint density at radius 1 is 1.68 bits per heavy atom. The van der Waals surface area contributed by atoms with Gasteiger partial charge < -0.3 is 20.0 Å². The number of hydrogen-bond acceptors (Lipinski definition) is 4. The second-order valence-electron chi connectivity index (χ2n) is 4.05. The van der Waals surface area contributed by atoms with Gasteiger partial charge in [0.15, 0.2) is 5.37 Å². The second kappa shape index (κ2) is 6.33. The number of carbonyl (C=O) groups is 1.